The van der Waals surface area contributed by atoms with Gasteiger partial charge < -0.3 is 4.74 Å². The molecule has 0 aromatic heterocycles. The molecule has 0 fully saturated rings. The highest BCUT2D eigenvalue weighted by Gasteiger charge is 2.25. The number of benzene rings is 3. The molecule has 1 aliphatic rings. The van der Waals surface area contributed by atoms with Crippen LogP contribution in [0.1, 0.15) is 44.4 Å². The van der Waals surface area contributed by atoms with E-state index in [-0.39, 0.29) is 5.54 Å². The molecule has 3 aromatic rings. The van der Waals surface area contributed by atoms with Crippen molar-refractivity contribution in [3.8, 4) is 5.75 Å². The molecule has 2 heteroatoms. The molecule has 0 aliphatic carbocycles. The SMILES string of the molecule is CC1=C(c2ccccc2)Oc2ccccc2/C1=C\C(=[NH+]C(C)(C)C)c1ccccc1. The van der Waals surface area contributed by atoms with Gasteiger partial charge in [-0.1, -0.05) is 66.7 Å². The minimum absolute atomic E-state index is 0.0627. The van der Waals surface area contributed by atoms with Crippen LogP contribution in [0, 0.1) is 0 Å². The maximum absolute atomic E-state index is 6.36. The molecule has 1 heterocycles. The van der Waals surface area contributed by atoms with Crippen LogP contribution in [0.3, 0.4) is 0 Å². The highest BCUT2D eigenvalue weighted by Crippen LogP contribution is 2.41. The van der Waals surface area contributed by atoms with Gasteiger partial charge in [0.1, 0.15) is 11.5 Å². The van der Waals surface area contributed by atoms with Gasteiger partial charge >= 0.3 is 0 Å². The summed E-state index contributed by atoms with van der Waals surface area (Å²) in [7, 11) is 0. The average molecular weight is 395 g/mol. The van der Waals surface area contributed by atoms with Gasteiger partial charge in [-0.15, -0.1) is 0 Å². The first-order valence-corrected chi connectivity index (χ1v) is 10.4. The summed E-state index contributed by atoms with van der Waals surface area (Å²) in [5.74, 6) is 1.79. The Morgan fingerprint density at radius 2 is 1.40 bits per heavy atom. The Morgan fingerprint density at radius 3 is 2.07 bits per heavy atom. The van der Waals surface area contributed by atoms with E-state index in [9.17, 15) is 0 Å². The first kappa shape index (κ1) is 19.9. The summed E-state index contributed by atoms with van der Waals surface area (Å²) < 4.78 is 6.36. The maximum Gasteiger partial charge on any atom is 0.206 e. The summed E-state index contributed by atoms with van der Waals surface area (Å²) in [6, 6.07) is 29.1. The fourth-order valence-electron chi connectivity index (χ4n) is 3.70. The number of para-hydroxylation sites is 1. The lowest BCUT2D eigenvalue weighted by Crippen LogP contribution is -2.84. The number of ether oxygens (including phenoxy) is 1. The van der Waals surface area contributed by atoms with Gasteiger partial charge in [-0.25, -0.2) is 4.99 Å². The Kier molecular flexibility index (Phi) is 5.41. The molecular formula is C28H28NO+. The zero-order chi connectivity index (χ0) is 21.1. The highest BCUT2D eigenvalue weighted by molar-refractivity contribution is 6.12. The third-order valence-corrected chi connectivity index (χ3v) is 5.05. The standard InChI is InChI=1S/C28H27NO/c1-20-24(19-25(29-28(2,3)4)21-13-7-5-8-14-21)23-17-11-12-18-26(23)30-27(20)22-15-9-6-10-16-22/h5-19H,1-4H3/p+1/b24-19-,29-25?. The molecule has 0 amide bonds. The van der Waals surface area contributed by atoms with Gasteiger partial charge in [-0.2, -0.15) is 0 Å². The summed E-state index contributed by atoms with van der Waals surface area (Å²) in [4.78, 5) is 3.70. The lowest BCUT2D eigenvalue weighted by Gasteiger charge is -2.24. The molecule has 0 saturated carbocycles. The third kappa shape index (κ3) is 4.28. The Morgan fingerprint density at radius 1 is 0.800 bits per heavy atom. The van der Waals surface area contributed by atoms with Crippen molar-refractivity contribution >= 4 is 17.0 Å². The van der Waals surface area contributed by atoms with Crippen molar-refractivity contribution in [2.75, 3.05) is 0 Å². The summed E-state index contributed by atoms with van der Waals surface area (Å²) >= 11 is 0. The predicted molar refractivity (Wildman–Crippen MR) is 125 cm³/mol. The smallest absolute Gasteiger partial charge is 0.206 e. The van der Waals surface area contributed by atoms with E-state index in [1.807, 2.05) is 36.4 Å². The molecule has 2 nitrogen and oxygen atoms in total. The van der Waals surface area contributed by atoms with E-state index in [1.165, 1.54) is 5.57 Å². The second-order valence-electron chi connectivity index (χ2n) is 8.63. The number of rotatable bonds is 3. The van der Waals surface area contributed by atoms with Gasteiger partial charge in [0.15, 0.2) is 5.54 Å². The molecule has 3 aromatic carbocycles. The number of nitrogens with one attached hydrogen (secondary N) is 1. The Hall–Kier alpha value is -3.39. The fourth-order valence-corrected chi connectivity index (χ4v) is 3.70. The van der Waals surface area contributed by atoms with E-state index in [2.05, 4.69) is 87.3 Å². The zero-order valence-electron chi connectivity index (χ0n) is 18.1. The van der Waals surface area contributed by atoms with Gasteiger partial charge in [0, 0.05) is 28.3 Å². The lowest BCUT2D eigenvalue weighted by molar-refractivity contribution is -0.537. The second-order valence-corrected chi connectivity index (χ2v) is 8.63. The maximum atomic E-state index is 6.36. The predicted octanol–water partition coefficient (Wildman–Crippen LogP) is 5.26. The Labute approximate surface area is 179 Å². The largest absolute Gasteiger partial charge is 0.456 e. The molecule has 0 radical (unpaired) electrons. The molecule has 0 spiro atoms. The molecule has 150 valence electrons. The molecule has 30 heavy (non-hydrogen) atoms. The van der Waals surface area contributed by atoms with Crippen molar-refractivity contribution in [1.82, 2.24) is 0 Å². The van der Waals surface area contributed by atoms with Crippen molar-refractivity contribution in [2.45, 2.75) is 33.2 Å². The minimum atomic E-state index is -0.0627. The summed E-state index contributed by atoms with van der Waals surface area (Å²) in [6.45, 7) is 8.70. The molecule has 1 aliphatic heterocycles. The first-order chi connectivity index (χ1) is 14.4. The average Bonchev–Trinajstić information content (AvgIpc) is 2.75. The second kappa shape index (κ2) is 8.16. The van der Waals surface area contributed by atoms with Crippen molar-refractivity contribution < 1.29 is 9.73 Å². The van der Waals surface area contributed by atoms with Crippen molar-refractivity contribution in [1.29, 1.82) is 0 Å². The molecule has 0 atom stereocenters. The number of allylic oxidation sites excluding steroid dienone is 3. The van der Waals surface area contributed by atoms with Crippen molar-refractivity contribution in [3.05, 3.63) is 113 Å². The monoisotopic (exact) mass is 394 g/mol. The van der Waals surface area contributed by atoms with E-state index in [1.54, 1.807) is 0 Å². The van der Waals surface area contributed by atoms with Gasteiger partial charge in [0.05, 0.1) is 0 Å². The van der Waals surface area contributed by atoms with Crippen LogP contribution in [0.15, 0.2) is 96.6 Å². The molecule has 4 rings (SSSR count). The molecule has 0 saturated heterocycles. The number of hydrogen-bond donors (Lipinski definition) is 1. The van der Waals surface area contributed by atoms with E-state index in [0.29, 0.717) is 0 Å². The minimum Gasteiger partial charge on any atom is -0.456 e. The van der Waals surface area contributed by atoms with Crippen LogP contribution in [-0.4, -0.2) is 11.3 Å². The van der Waals surface area contributed by atoms with E-state index >= 15 is 0 Å². The van der Waals surface area contributed by atoms with E-state index in [0.717, 1.165) is 39.5 Å². The van der Waals surface area contributed by atoms with E-state index < -0.39 is 0 Å². The Balaban J connectivity index is 1.94. The summed E-state index contributed by atoms with van der Waals surface area (Å²) in [5.41, 5.74) is 6.70. The fraction of sp³-hybridized carbons (Fsp3) is 0.179. The van der Waals surface area contributed by atoms with Crippen LogP contribution in [0.2, 0.25) is 0 Å². The quantitative estimate of drug-likeness (QED) is 0.602. The highest BCUT2D eigenvalue weighted by atomic mass is 16.5. The van der Waals surface area contributed by atoms with Gasteiger partial charge in [-0.3, -0.25) is 0 Å². The number of hydrogen-bond acceptors (Lipinski definition) is 1. The topological polar surface area (TPSA) is 23.2 Å². The molecular weight excluding hydrogens is 366 g/mol. The molecule has 0 bridgehead atoms. The number of fused-ring (bicyclic) bond motifs is 1. The first-order valence-electron chi connectivity index (χ1n) is 10.4. The van der Waals surface area contributed by atoms with Crippen LogP contribution >= 0.6 is 0 Å². The summed E-state index contributed by atoms with van der Waals surface area (Å²) in [5, 5.41) is 0. The Bertz CT molecular complexity index is 1130. The van der Waals surface area contributed by atoms with Crippen LogP contribution in [0.4, 0.5) is 0 Å². The zero-order valence-corrected chi connectivity index (χ0v) is 18.1. The van der Waals surface area contributed by atoms with Crippen molar-refractivity contribution in [2.24, 2.45) is 0 Å². The molecule has 0 unspecified atom stereocenters. The lowest BCUT2D eigenvalue weighted by atomic mass is 9.90. The van der Waals surface area contributed by atoms with Crippen LogP contribution in [-0.2, 0) is 0 Å². The molecule has 1 N–H and O–H groups in total. The van der Waals surface area contributed by atoms with Crippen LogP contribution in [0.25, 0.3) is 11.3 Å². The van der Waals surface area contributed by atoms with Crippen LogP contribution < -0.4 is 9.73 Å². The third-order valence-electron chi connectivity index (χ3n) is 5.05. The normalized spacial score (nSPS) is 15.7. The van der Waals surface area contributed by atoms with Crippen LogP contribution in [0.5, 0.6) is 5.75 Å². The summed E-state index contributed by atoms with van der Waals surface area (Å²) in [6.07, 6.45) is 2.26. The van der Waals surface area contributed by atoms with Gasteiger partial charge in [0.25, 0.3) is 0 Å². The van der Waals surface area contributed by atoms with Gasteiger partial charge in [0.2, 0.25) is 5.71 Å². The van der Waals surface area contributed by atoms with Crippen molar-refractivity contribution in [3.63, 3.8) is 0 Å². The van der Waals surface area contributed by atoms with E-state index in [4.69, 9.17) is 4.74 Å². The van der Waals surface area contributed by atoms with Gasteiger partial charge in [-0.05, 0) is 51.5 Å².